The minimum absolute atomic E-state index is 0.161. The van der Waals surface area contributed by atoms with Gasteiger partial charge in [-0.05, 0) is 31.2 Å². The molecule has 0 aromatic heterocycles. The van der Waals surface area contributed by atoms with Crippen molar-refractivity contribution < 1.29 is 0 Å². The van der Waals surface area contributed by atoms with Gasteiger partial charge in [0, 0.05) is 22.6 Å². The Labute approximate surface area is 100.0 Å². The van der Waals surface area contributed by atoms with Crippen molar-refractivity contribution in [2.24, 2.45) is 5.73 Å². The predicted molar refractivity (Wildman–Crippen MR) is 64.4 cm³/mol. The Bertz CT molecular complexity index is 358. The van der Waals surface area contributed by atoms with Crippen molar-refractivity contribution in [1.29, 1.82) is 0 Å². The Kier molecular flexibility index (Phi) is 3.21. The second-order valence-electron chi connectivity index (χ2n) is 4.04. The van der Waals surface area contributed by atoms with E-state index in [4.69, 9.17) is 28.9 Å². The number of hydrogen-bond donors (Lipinski definition) is 1. The van der Waals surface area contributed by atoms with E-state index in [2.05, 4.69) is 11.9 Å². The lowest BCUT2D eigenvalue weighted by Crippen LogP contribution is -2.29. The van der Waals surface area contributed by atoms with Gasteiger partial charge in [0.05, 0.1) is 6.04 Å². The highest BCUT2D eigenvalue weighted by atomic mass is 35.5. The number of rotatable bonds is 1. The molecular formula is C11H14Cl2N2. The summed E-state index contributed by atoms with van der Waals surface area (Å²) < 4.78 is 0. The number of halogens is 2. The van der Waals surface area contributed by atoms with E-state index in [1.165, 1.54) is 0 Å². The highest BCUT2D eigenvalue weighted by Gasteiger charge is 2.31. The maximum Gasteiger partial charge on any atom is 0.0511 e. The van der Waals surface area contributed by atoms with Gasteiger partial charge < -0.3 is 5.73 Å². The molecular weight excluding hydrogens is 231 g/mol. The van der Waals surface area contributed by atoms with Gasteiger partial charge in [-0.1, -0.05) is 29.3 Å². The van der Waals surface area contributed by atoms with E-state index >= 15 is 0 Å². The highest BCUT2D eigenvalue weighted by molar-refractivity contribution is 6.35. The normalized spacial score (nSPS) is 27.2. The molecule has 1 aromatic carbocycles. The average molecular weight is 245 g/mol. The predicted octanol–water partition coefficient (Wildman–Crippen LogP) is 2.70. The molecule has 2 atom stereocenters. The number of nitrogens with two attached hydrogens (primary N) is 1. The summed E-state index contributed by atoms with van der Waals surface area (Å²) in [5, 5.41) is 1.37. The van der Waals surface area contributed by atoms with Crippen LogP contribution in [0.5, 0.6) is 0 Å². The van der Waals surface area contributed by atoms with Crippen LogP contribution < -0.4 is 5.73 Å². The van der Waals surface area contributed by atoms with E-state index in [1.54, 1.807) is 6.07 Å². The molecule has 15 heavy (non-hydrogen) atoms. The van der Waals surface area contributed by atoms with Crippen LogP contribution in [0.15, 0.2) is 18.2 Å². The molecule has 1 aliphatic heterocycles. The summed E-state index contributed by atoms with van der Waals surface area (Å²) in [7, 11) is 2.07. The summed E-state index contributed by atoms with van der Waals surface area (Å²) in [5.74, 6) is 0. The van der Waals surface area contributed by atoms with Crippen molar-refractivity contribution in [3.05, 3.63) is 33.8 Å². The molecule has 2 unspecified atom stereocenters. The van der Waals surface area contributed by atoms with Crippen molar-refractivity contribution in [3.63, 3.8) is 0 Å². The first-order valence-electron chi connectivity index (χ1n) is 5.00. The van der Waals surface area contributed by atoms with Gasteiger partial charge in [0.1, 0.15) is 0 Å². The topological polar surface area (TPSA) is 29.3 Å². The standard InChI is InChI=1S/C11H14Cl2N2/c1-15-5-4-10(14)11(15)8-3-2-7(12)6-9(8)13/h2-3,6,10-11H,4-5,14H2,1H3. The summed E-state index contributed by atoms with van der Waals surface area (Å²) in [6.07, 6.45) is 1.01. The molecule has 82 valence electrons. The van der Waals surface area contributed by atoms with Crippen LogP contribution in [0.25, 0.3) is 0 Å². The zero-order valence-corrected chi connectivity index (χ0v) is 10.1. The van der Waals surface area contributed by atoms with Crippen molar-refractivity contribution in [2.75, 3.05) is 13.6 Å². The van der Waals surface area contributed by atoms with Crippen LogP contribution in [0.4, 0.5) is 0 Å². The SMILES string of the molecule is CN1CCC(N)C1c1ccc(Cl)cc1Cl. The molecule has 2 nitrogen and oxygen atoms in total. The maximum absolute atomic E-state index is 6.17. The van der Waals surface area contributed by atoms with Crippen molar-refractivity contribution >= 4 is 23.2 Å². The molecule has 0 radical (unpaired) electrons. The summed E-state index contributed by atoms with van der Waals surface area (Å²) in [6, 6.07) is 5.99. The first-order valence-corrected chi connectivity index (χ1v) is 5.76. The van der Waals surface area contributed by atoms with Crippen LogP contribution in [0.2, 0.25) is 10.0 Å². The largest absolute Gasteiger partial charge is 0.326 e. The molecule has 0 bridgehead atoms. The smallest absolute Gasteiger partial charge is 0.0511 e. The Morgan fingerprint density at radius 1 is 1.40 bits per heavy atom. The van der Waals surface area contributed by atoms with E-state index < -0.39 is 0 Å². The highest BCUT2D eigenvalue weighted by Crippen LogP contribution is 2.35. The third-order valence-electron chi connectivity index (χ3n) is 2.98. The summed E-state index contributed by atoms with van der Waals surface area (Å²) >= 11 is 12.0. The molecule has 1 saturated heterocycles. The van der Waals surface area contributed by atoms with Gasteiger partial charge in [0.2, 0.25) is 0 Å². The van der Waals surface area contributed by atoms with Gasteiger partial charge in [-0.2, -0.15) is 0 Å². The summed E-state index contributed by atoms with van der Waals surface area (Å²) in [5.41, 5.74) is 7.15. The number of nitrogens with zero attached hydrogens (tertiary/aromatic N) is 1. The number of likely N-dealkylation sites (N-methyl/N-ethyl adjacent to an activating group) is 1. The molecule has 1 aliphatic rings. The second-order valence-corrected chi connectivity index (χ2v) is 4.89. The Morgan fingerprint density at radius 3 is 2.67 bits per heavy atom. The molecule has 1 aromatic rings. The third kappa shape index (κ3) is 2.13. The number of hydrogen-bond acceptors (Lipinski definition) is 2. The maximum atomic E-state index is 6.17. The molecule has 1 heterocycles. The molecule has 2 rings (SSSR count). The van der Waals surface area contributed by atoms with Crippen LogP contribution in [0, 0.1) is 0 Å². The second kappa shape index (κ2) is 4.30. The first kappa shape index (κ1) is 11.2. The molecule has 0 aliphatic carbocycles. The zero-order chi connectivity index (χ0) is 11.0. The number of likely N-dealkylation sites (tertiary alicyclic amines) is 1. The van der Waals surface area contributed by atoms with E-state index in [9.17, 15) is 0 Å². The fourth-order valence-corrected chi connectivity index (χ4v) is 2.71. The van der Waals surface area contributed by atoms with Gasteiger partial charge in [0.25, 0.3) is 0 Å². The van der Waals surface area contributed by atoms with Crippen LogP contribution >= 0.6 is 23.2 Å². The third-order valence-corrected chi connectivity index (χ3v) is 3.54. The zero-order valence-electron chi connectivity index (χ0n) is 8.58. The molecule has 0 saturated carbocycles. The van der Waals surface area contributed by atoms with Crippen LogP contribution in [-0.4, -0.2) is 24.5 Å². The Hall–Kier alpha value is -0.280. The van der Waals surface area contributed by atoms with Crippen LogP contribution in [0.3, 0.4) is 0 Å². The molecule has 0 spiro atoms. The molecule has 0 amide bonds. The van der Waals surface area contributed by atoms with E-state index in [-0.39, 0.29) is 12.1 Å². The minimum Gasteiger partial charge on any atom is -0.326 e. The Morgan fingerprint density at radius 2 is 2.13 bits per heavy atom. The lowest BCUT2D eigenvalue weighted by atomic mass is 10.0. The minimum atomic E-state index is 0.161. The summed E-state index contributed by atoms with van der Waals surface area (Å²) in [4.78, 5) is 2.24. The fraction of sp³-hybridized carbons (Fsp3) is 0.455. The summed E-state index contributed by atoms with van der Waals surface area (Å²) in [6.45, 7) is 1.02. The molecule has 2 N–H and O–H groups in total. The monoisotopic (exact) mass is 244 g/mol. The van der Waals surface area contributed by atoms with Crippen LogP contribution in [-0.2, 0) is 0 Å². The van der Waals surface area contributed by atoms with E-state index in [1.807, 2.05) is 12.1 Å². The van der Waals surface area contributed by atoms with Gasteiger partial charge in [0.15, 0.2) is 0 Å². The van der Waals surface area contributed by atoms with Gasteiger partial charge in [-0.25, -0.2) is 0 Å². The molecule has 1 fully saturated rings. The van der Waals surface area contributed by atoms with Crippen LogP contribution in [0.1, 0.15) is 18.0 Å². The van der Waals surface area contributed by atoms with Crippen molar-refractivity contribution in [2.45, 2.75) is 18.5 Å². The molecule has 4 heteroatoms. The first-order chi connectivity index (χ1) is 7.09. The Balaban J connectivity index is 2.36. The van der Waals surface area contributed by atoms with Gasteiger partial charge >= 0.3 is 0 Å². The fourth-order valence-electron chi connectivity index (χ4n) is 2.19. The lowest BCUT2D eigenvalue weighted by Gasteiger charge is -2.24. The number of benzene rings is 1. The van der Waals surface area contributed by atoms with E-state index in [0.29, 0.717) is 10.0 Å². The quantitative estimate of drug-likeness (QED) is 0.824. The van der Waals surface area contributed by atoms with Gasteiger partial charge in [-0.3, -0.25) is 4.90 Å². The average Bonchev–Trinajstić information content (AvgIpc) is 2.48. The van der Waals surface area contributed by atoms with Gasteiger partial charge in [-0.15, -0.1) is 0 Å². The van der Waals surface area contributed by atoms with E-state index in [0.717, 1.165) is 18.5 Å². The van der Waals surface area contributed by atoms with Crippen molar-refractivity contribution in [1.82, 2.24) is 4.90 Å². The van der Waals surface area contributed by atoms with Crippen molar-refractivity contribution in [3.8, 4) is 0 Å². The lowest BCUT2D eigenvalue weighted by molar-refractivity contribution is 0.304.